The first-order valence-electron chi connectivity index (χ1n) is 6.74. The number of hydrogen-bond donors (Lipinski definition) is 0. The quantitative estimate of drug-likeness (QED) is 0.543. The van der Waals surface area contributed by atoms with Crippen LogP contribution in [0.2, 0.25) is 0 Å². The van der Waals surface area contributed by atoms with Crippen molar-refractivity contribution in [3.8, 4) is 0 Å². The highest BCUT2D eigenvalue weighted by molar-refractivity contribution is 6.12. The SMILES string of the molecule is [2H]c1c([2H])c([2H])c2c(c1[2H])Cc1ccccc1C2=O. The van der Waals surface area contributed by atoms with Gasteiger partial charge in [-0.3, -0.25) is 4.79 Å². The van der Waals surface area contributed by atoms with E-state index < -0.39 is 0 Å². The highest BCUT2D eigenvalue weighted by Crippen LogP contribution is 2.26. The van der Waals surface area contributed by atoms with Crippen molar-refractivity contribution >= 4 is 5.78 Å². The molecule has 2 aromatic rings. The minimum absolute atomic E-state index is 0.112. The molecule has 2 aromatic carbocycles. The van der Waals surface area contributed by atoms with E-state index in [4.69, 9.17) is 5.48 Å². The molecule has 0 radical (unpaired) electrons. The van der Waals surface area contributed by atoms with Crippen LogP contribution in [0.1, 0.15) is 32.5 Å². The zero-order valence-corrected chi connectivity index (χ0v) is 7.92. The van der Waals surface area contributed by atoms with E-state index in [1.807, 2.05) is 12.1 Å². The topological polar surface area (TPSA) is 17.1 Å². The van der Waals surface area contributed by atoms with E-state index >= 15 is 0 Å². The maximum atomic E-state index is 12.4. The summed E-state index contributed by atoms with van der Waals surface area (Å²) in [4.78, 5) is 12.4. The molecule has 0 aromatic heterocycles. The zero-order valence-electron chi connectivity index (χ0n) is 11.9. The summed E-state index contributed by atoms with van der Waals surface area (Å²) < 4.78 is 31.1. The molecule has 1 nitrogen and oxygen atoms in total. The number of benzene rings is 2. The molecule has 3 rings (SSSR count). The van der Waals surface area contributed by atoms with Crippen LogP contribution in [0, 0.1) is 0 Å². The summed E-state index contributed by atoms with van der Waals surface area (Å²) in [5.41, 5.74) is 1.85. The average Bonchev–Trinajstić information content (AvgIpc) is 2.43. The largest absolute Gasteiger partial charge is 0.289 e. The summed E-state index contributed by atoms with van der Waals surface area (Å²) in [5, 5.41) is 0. The van der Waals surface area contributed by atoms with Crippen LogP contribution in [-0.2, 0) is 6.42 Å². The molecule has 0 saturated carbocycles. The molecule has 0 bridgehead atoms. The van der Waals surface area contributed by atoms with Gasteiger partial charge in [0.25, 0.3) is 0 Å². The normalized spacial score (nSPS) is 16.9. The lowest BCUT2D eigenvalue weighted by Crippen LogP contribution is -2.14. The number of ketones is 1. The zero-order chi connectivity index (χ0) is 13.7. The second kappa shape index (κ2) is 3.06. The Morgan fingerprint density at radius 2 is 1.80 bits per heavy atom. The third-order valence-electron chi connectivity index (χ3n) is 2.62. The highest BCUT2D eigenvalue weighted by Gasteiger charge is 2.21. The third kappa shape index (κ3) is 1.20. The minimum atomic E-state index is -0.350. The van der Waals surface area contributed by atoms with Gasteiger partial charge in [0.15, 0.2) is 5.78 Å². The molecule has 0 amide bonds. The molecule has 0 unspecified atom stereocenters. The minimum Gasteiger partial charge on any atom is -0.289 e. The molecule has 0 aliphatic heterocycles. The Hall–Kier alpha value is -1.89. The molecule has 1 aliphatic rings. The maximum absolute atomic E-state index is 12.4. The fraction of sp³-hybridized carbons (Fsp3) is 0.0714. The van der Waals surface area contributed by atoms with Crippen molar-refractivity contribution in [2.45, 2.75) is 6.42 Å². The van der Waals surface area contributed by atoms with Crippen molar-refractivity contribution in [3.63, 3.8) is 0 Å². The summed E-state index contributed by atoms with van der Waals surface area (Å²) in [7, 11) is 0. The van der Waals surface area contributed by atoms with Gasteiger partial charge in [0, 0.05) is 11.1 Å². The first-order chi connectivity index (χ1) is 9.02. The van der Waals surface area contributed by atoms with E-state index in [1.54, 1.807) is 12.1 Å². The lowest BCUT2D eigenvalue weighted by Gasteiger charge is -2.17. The Bertz CT molecular complexity index is 722. The molecule has 0 fully saturated rings. The predicted molar refractivity (Wildman–Crippen MR) is 59.1 cm³/mol. The molecule has 0 spiro atoms. The van der Waals surface area contributed by atoms with E-state index in [9.17, 15) is 4.79 Å². The summed E-state index contributed by atoms with van der Waals surface area (Å²) in [6.45, 7) is 0. The van der Waals surface area contributed by atoms with Gasteiger partial charge in [-0.1, -0.05) is 48.4 Å². The van der Waals surface area contributed by atoms with E-state index in [2.05, 4.69) is 0 Å². The third-order valence-corrected chi connectivity index (χ3v) is 2.62. The van der Waals surface area contributed by atoms with Crippen molar-refractivity contribution in [2.24, 2.45) is 0 Å². The molecular weight excluding hydrogens is 184 g/mol. The van der Waals surface area contributed by atoms with Crippen LogP contribution < -0.4 is 0 Å². The van der Waals surface area contributed by atoms with Gasteiger partial charge in [-0.05, 0) is 17.5 Å². The molecular formula is C14H10O. The average molecular weight is 198 g/mol. The Balaban J connectivity index is 2.35. The Labute approximate surface area is 94.0 Å². The van der Waals surface area contributed by atoms with Crippen molar-refractivity contribution in [1.82, 2.24) is 0 Å². The van der Waals surface area contributed by atoms with Gasteiger partial charge in [-0.2, -0.15) is 0 Å². The van der Waals surface area contributed by atoms with Crippen molar-refractivity contribution < 1.29 is 10.3 Å². The molecule has 72 valence electrons. The molecule has 1 aliphatic carbocycles. The van der Waals surface area contributed by atoms with E-state index in [-0.39, 0.29) is 35.5 Å². The van der Waals surface area contributed by atoms with E-state index in [0.717, 1.165) is 5.56 Å². The highest BCUT2D eigenvalue weighted by atomic mass is 16.1. The van der Waals surface area contributed by atoms with E-state index in [0.29, 0.717) is 17.5 Å². The fourth-order valence-electron chi connectivity index (χ4n) is 1.89. The van der Waals surface area contributed by atoms with Crippen molar-refractivity contribution in [3.05, 3.63) is 70.7 Å². The van der Waals surface area contributed by atoms with Gasteiger partial charge >= 0.3 is 0 Å². The molecule has 0 saturated heterocycles. The number of rotatable bonds is 0. The molecule has 0 heterocycles. The second-order valence-corrected chi connectivity index (χ2v) is 3.52. The summed E-state index contributed by atoms with van der Waals surface area (Å²) in [5.74, 6) is -0.316. The van der Waals surface area contributed by atoms with Gasteiger partial charge in [0.1, 0.15) is 0 Å². The van der Waals surface area contributed by atoms with E-state index in [1.165, 1.54) is 0 Å². The molecule has 0 atom stereocenters. The number of carbonyl (C=O) groups excluding carboxylic acids is 1. The number of hydrogen-bond acceptors (Lipinski definition) is 1. The van der Waals surface area contributed by atoms with Crippen LogP contribution in [0.5, 0.6) is 0 Å². The first kappa shape index (κ1) is 5.26. The van der Waals surface area contributed by atoms with Crippen LogP contribution >= 0.6 is 0 Å². The van der Waals surface area contributed by atoms with Gasteiger partial charge in [0.2, 0.25) is 0 Å². The van der Waals surface area contributed by atoms with Crippen LogP contribution in [-0.4, -0.2) is 5.78 Å². The Kier molecular flexibility index (Phi) is 1.07. The van der Waals surface area contributed by atoms with Crippen LogP contribution in [0.15, 0.2) is 48.4 Å². The standard InChI is InChI=1S/C14H10O/c15-14-12-7-3-1-5-10(12)9-11-6-2-4-8-13(11)14/h1-8H,9H2/i1D,3D,5D,7D. The summed E-state index contributed by atoms with van der Waals surface area (Å²) in [6.07, 6.45) is 0.369. The first-order valence-corrected chi connectivity index (χ1v) is 4.74. The van der Waals surface area contributed by atoms with Crippen molar-refractivity contribution in [1.29, 1.82) is 0 Å². The van der Waals surface area contributed by atoms with Crippen molar-refractivity contribution in [2.75, 3.05) is 0 Å². The number of carbonyl (C=O) groups is 1. The van der Waals surface area contributed by atoms with Crippen LogP contribution in [0.25, 0.3) is 0 Å². The van der Waals surface area contributed by atoms with Crippen LogP contribution in [0.3, 0.4) is 0 Å². The van der Waals surface area contributed by atoms with Gasteiger partial charge in [0.05, 0.1) is 5.48 Å². The smallest absolute Gasteiger partial charge is 0.193 e. The summed E-state index contributed by atoms with van der Waals surface area (Å²) >= 11 is 0. The van der Waals surface area contributed by atoms with Gasteiger partial charge in [-0.25, -0.2) is 0 Å². The predicted octanol–water partition coefficient (Wildman–Crippen LogP) is 2.82. The number of fused-ring (bicyclic) bond motifs is 2. The fourth-order valence-corrected chi connectivity index (χ4v) is 1.89. The van der Waals surface area contributed by atoms with Crippen LogP contribution in [0.4, 0.5) is 0 Å². The summed E-state index contributed by atoms with van der Waals surface area (Å²) in [6, 6.07) is 6.11. The molecule has 1 heteroatoms. The Morgan fingerprint density at radius 1 is 1.00 bits per heavy atom. The Morgan fingerprint density at radius 3 is 2.73 bits per heavy atom. The van der Waals surface area contributed by atoms with Gasteiger partial charge < -0.3 is 0 Å². The second-order valence-electron chi connectivity index (χ2n) is 3.52. The molecule has 0 N–H and O–H groups in total. The monoisotopic (exact) mass is 198 g/mol. The molecule has 15 heavy (non-hydrogen) atoms. The lowest BCUT2D eigenvalue weighted by atomic mass is 9.85. The lowest BCUT2D eigenvalue weighted by molar-refractivity contribution is 0.103. The maximum Gasteiger partial charge on any atom is 0.193 e. The van der Waals surface area contributed by atoms with Gasteiger partial charge in [-0.15, -0.1) is 0 Å².